The van der Waals surface area contributed by atoms with E-state index in [-0.39, 0.29) is 6.04 Å². The number of ether oxygens (including phenoxy) is 2. The predicted molar refractivity (Wildman–Crippen MR) is 113 cm³/mol. The quantitative estimate of drug-likeness (QED) is 0.493. The summed E-state index contributed by atoms with van der Waals surface area (Å²) in [6, 6.07) is 22.1. The lowest BCUT2D eigenvalue weighted by Crippen LogP contribution is -2.19. The molecule has 0 spiro atoms. The van der Waals surface area contributed by atoms with Crippen molar-refractivity contribution in [3.8, 4) is 17.6 Å². The van der Waals surface area contributed by atoms with Gasteiger partial charge in [-0.1, -0.05) is 48.2 Å². The zero-order valence-corrected chi connectivity index (χ0v) is 16.3. The number of methoxy groups -OCH3 is 1. The molecule has 1 aliphatic rings. The van der Waals surface area contributed by atoms with E-state index in [2.05, 4.69) is 22.0 Å². The number of rotatable bonds is 3. The van der Waals surface area contributed by atoms with Gasteiger partial charge in [0.2, 0.25) is 0 Å². The van der Waals surface area contributed by atoms with E-state index < -0.39 is 12.2 Å². The van der Waals surface area contributed by atoms with Crippen LogP contribution in [-0.4, -0.2) is 13.2 Å². The number of nitrogens with one attached hydrogen (secondary N) is 1. The molecular weight excluding hydrogens is 376 g/mol. The normalized spacial score (nSPS) is 17.1. The van der Waals surface area contributed by atoms with Gasteiger partial charge in [-0.3, -0.25) is 0 Å². The van der Waals surface area contributed by atoms with Crippen LogP contribution in [0.25, 0.3) is 4.85 Å². The second-order valence-electron chi connectivity index (χ2n) is 6.76. The monoisotopic (exact) mass is 394 g/mol. The Balaban J connectivity index is 1.63. The summed E-state index contributed by atoms with van der Waals surface area (Å²) in [5.74, 6) is 6.93. The van der Waals surface area contributed by atoms with E-state index >= 15 is 0 Å². The highest BCUT2D eigenvalue weighted by Gasteiger charge is 2.36. The van der Waals surface area contributed by atoms with Gasteiger partial charge in [0.1, 0.15) is 5.75 Å². The van der Waals surface area contributed by atoms with Crippen molar-refractivity contribution in [1.29, 1.82) is 0 Å². The third-order valence-corrected chi connectivity index (χ3v) is 4.80. The van der Waals surface area contributed by atoms with E-state index in [4.69, 9.17) is 16.0 Å². The zero-order valence-electron chi connectivity index (χ0n) is 16.3. The lowest BCUT2D eigenvalue weighted by molar-refractivity contribution is 0.132. The number of alkyl carbamates (subject to hydrolysis) is 1. The van der Waals surface area contributed by atoms with Gasteiger partial charge in [0.25, 0.3) is 0 Å². The Morgan fingerprint density at radius 3 is 2.43 bits per heavy atom. The fraction of sp³-hybridized carbons (Fsp3) is 0.120. The fourth-order valence-electron chi connectivity index (χ4n) is 3.36. The molecule has 0 radical (unpaired) electrons. The molecule has 5 heteroatoms. The maximum atomic E-state index is 12.0. The first kappa shape index (κ1) is 19.1. The molecule has 0 saturated carbocycles. The summed E-state index contributed by atoms with van der Waals surface area (Å²) in [7, 11) is 1.60. The van der Waals surface area contributed by atoms with Crippen LogP contribution in [-0.2, 0) is 4.74 Å². The van der Waals surface area contributed by atoms with Crippen molar-refractivity contribution in [2.45, 2.75) is 12.1 Å². The number of hydrogen-bond donors (Lipinski definition) is 1. The molecule has 30 heavy (non-hydrogen) atoms. The van der Waals surface area contributed by atoms with Gasteiger partial charge >= 0.3 is 6.09 Å². The highest BCUT2D eigenvalue weighted by Crippen LogP contribution is 2.37. The van der Waals surface area contributed by atoms with Crippen LogP contribution in [0.3, 0.4) is 0 Å². The van der Waals surface area contributed by atoms with Crippen molar-refractivity contribution in [3.05, 3.63) is 106 Å². The first-order valence-electron chi connectivity index (χ1n) is 9.37. The molecule has 1 saturated heterocycles. The SMILES string of the molecule is [C-]#[N+]c1cccc(C#Cc2cccc([C@H]3NC(=O)O[C@@H]3c3cccc(OC)c3)c2)c1. The van der Waals surface area contributed by atoms with Crippen LogP contribution in [0, 0.1) is 18.4 Å². The third-order valence-electron chi connectivity index (χ3n) is 4.80. The standard InChI is InChI=1S/C25H18N2O3/c1-26-21-10-4-7-18(15-21)13-12-17-6-3-8-19(14-17)23-24(30-25(28)27-23)20-9-5-11-22(16-20)29-2/h3-11,14-16,23-24H,2H3,(H,27,28)/t23-,24-/m1/s1. The van der Waals surface area contributed by atoms with Crippen LogP contribution < -0.4 is 10.1 Å². The van der Waals surface area contributed by atoms with E-state index in [0.29, 0.717) is 11.4 Å². The predicted octanol–water partition coefficient (Wildman–Crippen LogP) is 5.17. The summed E-state index contributed by atoms with van der Waals surface area (Å²) in [5.41, 5.74) is 3.90. The molecule has 3 aromatic carbocycles. The minimum Gasteiger partial charge on any atom is -0.497 e. The second-order valence-corrected chi connectivity index (χ2v) is 6.76. The van der Waals surface area contributed by atoms with Crippen LogP contribution in [0.15, 0.2) is 72.8 Å². The first-order chi connectivity index (χ1) is 14.7. The van der Waals surface area contributed by atoms with Crippen molar-refractivity contribution < 1.29 is 14.3 Å². The molecule has 4 rings (SSSR count). The number of carbonyl (C=O) groups is 1. The minimum absolute atomic E-state index is 0.336. The lowest BCUT2D eigenvalue weighted by Gasteiger charge is -2.18. The second kappa shape index (κ2) is 8.43. The van der Waals surface area contributed by atoms with Crippen molar-refractivity contribution in [2.24, 2.45) is 0 Å². The summed E-state index contributed by atoms with van der Waals surface area (Å²) >= 11 is 0. The maximum absolute atomic E-state index is 12.0. The molecule has 5 nitrogen and oxygen atoms in total. The number of amides is 1. The lowest BCUT2D eigenvalue weighted by atomic mass is 9.95. The van der Waals surface area contributed by atoms with Crippen molar-refractivity contribution in [3.63, 3.8) is 0 Å². The number of cyclic esters (lactones) is 1. The van der Waals surface area contributed by atoms with Gasteiger partial charge in [-0.2, -0.15) is 0 Å². The number of benzene rings is 3. The summed E-state index contributed by atoms with van der Waals surface area (Å²) in [4.78, 5) is 15.4. The van der Waals surface area contributed by atoms with E-state index in [1.54, 1.807) is 19.2 Å². The molecule has 1 aliphatic heterocycles. The largest absolute Gasteiger partial charge is 0.497 e. The van der Waals surface area contributed by atoms with Gasteiger partial charge in [-0.15, -0.1) is 0 Å². The topological polar surface area (TPSA) is 51.9 Å². The van der Waals surface area contributed by atoms with Crippen molar-refractivity contribution in [1.82, 2.24) is 5.32 Å². The van der Waals surface area contributed by atoms with Gasteiger partial charge in [0, 0.05) is 11.1 Å². The van der Waals surface area contributed by atoms with Gasteiger partial charge in [-0.25, -0.2) is 9.64 Å². The molecule has 0 unspecified atom stereocenters. The molecule has 3 aromatic rings. The van der Waals surface area contributed by atoms with Gasteiger partial charge in [0.15, 0.2) is 11.8 Å². The Hall–Kier alpha value is -4.22. The van der Waals surface area contributed by atoms with Gasteiger partial charge < -0.3 is 14.8 Å². The Kier molecular flexibility index (Phi) is 5.37. The average molecular weight is 394 g/mol. The van der Waals surface area contributed by atoms with Crippen molar-refractivity contribution in [2.75, 3.05) is 7.11 Å². The molecule has 1 N–H and O–H groups in total. The van der Waals surface area contributed by atoms with Crippen LogP contribution >= 0.6 is 0 Å². The first-order valence-corrected chi connectivity index (χ1v) is 9.37. The molecule has 146 valence electrons. The Labute approximate surface area is 175 Å². The van der Waals surface area contributed by atoms with E-state index in [9.17, 15) is 4.79 Å². The number of hydrogen-bond acceptors (Lipinski definition) is 3. The highest BCUT2D eigenvalue weighted by atomic mass is 16.6. The molecule has 1 fully saturated rings. The van der Waals surface area contributed by atoms with Crippen LogP contribution in [0.4, 0.5) is 10.5 Å². The van der Waals surface area contributed by atoms with E-state index in [1.165, 1.54) is 0 Å². The smallest absolute Gasteiger partial charge is 0.408 e. The maximum Gasteiger partial charge on any atom is 0.408 e. The Bertz CT molecular complexity index is 1200. The van der Waals surface area contributed by atoms with Crippen LogP contribution in [0.2, 0.25) is 0 Å². The summed E-state index contributed by atoms with van der Waals surface area (Å²) in [6.45, 7) is 7.11. The molecule has 1 heterocycles. The molecule has 0 aromatic heterocycles. The molecule has 0 aliphatic carbocycles. The average Bonchev–Trinajstić information content (AvgIpc) is 3.20. The fourth-order valence-corrected chi connectivity index (χ4v) is 3.36. The van der Waals surface area contributed by atoms with E-state index in [1.807, 2.05) is 60.7 Å². The summed E-state index contributed by atoms with van der Waals surface area (Å²) in [5, 5.41) is 2.89. The zero-order chi connectivity index (χ0) is 20.9. The van der Waals surface area contributed by atoms with Gasteiger partial charge in [0.05, 0.1) is 19.7 Å². The molecule has 0 bridgehead atoms. The van der Waals surface area contributed by atoms with Crippen LogP contribution in [0.1, 0.15) is 34.4 Å². The Morgan fingerprint density at radius 1 is 0.967 bits per heavy atom. The minimum atomic E-state index is -0.467. The van der Waals surface area contributed by atoms with E-state index in [0.717, 1.165) is 22.3 Å². The number of carbonyl (C=O) groups excluding carboxylic acids is 1. The van der Waals surface area contributed by atoms with Crippen molar-refractivity contribution >= 4 is 11.8 Å². The highest BCUT2D eigenvalue weighted by molar-refractivity contribution is 5.71. The number of nitrogens with zero attached hydrogens (tertiary/aromatic N) is 1. The third kappa shape index (κ3) is 4.11. The molecule has 1 amide bonds. The summed E-state index contributed by atoms with van der Waals surface area (Å²) in [6.07, 6.45) is -0.925. The molecular formula is C25H18N2O3. The summed E-state index contributed by atoms with van der Waals surface area (Å²) < 4.78 is 10.8. The van der Waals surface area contributed by atoms with Crippen LogP contribution in [0.5, 0.6) is 5.75 Å². The Morgan fingerprint density at radius 2 is 1.67 bits per heavy atom. The van der Waals surface area contributed by atoms with Gasteiger partial charge in [-0.05, 0) is 47.5 Å². The molecule has 2 atom stereocenters.